The molecule has 1 fully saturated rings. The summed E-state index contributed by atoms with van der Waals surface area (Å²) in [6.45, 7) is 7.68. The highest BCUT2D eigenvalue weighted by atomic mass is 79.9. The molecule has 0 radical (unpaired) electrons. The van der Waals surface area contributed by atoms with E-state index in [9.17, 15) is 0 Å². The minimum absolute atomic E-state index is 0.487. The van der Waals surface area contributed by atoms with Gasteiger partial charge in [0, 0.05) is 31.1 Å². The quantitative estimate of drug-likeness (QED) is 0.694. The zero-order valence-corrected chi connectivity index (χ0v) is 10.2. The van der Waals surface area contributed by atoms with Crippen molar-refractivity contribution in [2.45, 2.75) is 38.8 Å². The fraction of sp³-hybridized carbons (Fsp3) is 1.00. The molecule has 1 aliphatic rings. The molecule has 0 aliphatic carbocycles. The Labute approximate surface area is 89.8 Å². The zero-order chi connectivity index (χ0) is 9.68. The molecule has 1 unspecified atom stereocenters. The van der Waals surface area contributed by atoms with Gasteiger partial charge in [0.25, 0.3) is 0 Å². The fourth-order valence-electron chi connectivity index (χ4n) is 1.72. The van der Waals surface area contributed by atoms with Gasteiger partial charge < -0.3 is 4.74 Å². The molecule has 2 nitrogen and oxygen atoms in total. The van der Waals surface area contributed by atoms with Gasteiger partial charge in [0.1, 0.15) is 0 Å². The van der Waals surface area contributed by atoms with Crippen LogP contribution in [0.1, 0.15) is 26.7 Å². The number of ether oxygens (including phenoxy) is 1. The van der Waals surface area contributed by atoms with E-state index in [-0.39, 0.29) is 0 Å². The Kier molecular flexibility index (Phi) is 5.29. The summed E-state index contributed by atoms with van der Waals surface area (Å²) in [6.07, 6.45) is 2.97. The Bertz CT molecular complexity index is 135. The van der Waals surface area contributed by atoms with Crippen molar-refractivity contribution in [2.75, 3.05) is 25.0 Å². The van der Waals surface area contributed by atoms with E-state index < -0.39 is 0 Å². The van der Waals surface area contributed by atoms with Crippen molar-refractivity contribution in [3.8, 4) is 0 Å². The lowest BCUT2D eigenvalue weighted by Gasteiger charge is -2.28. The van der Waals surface area contributed by atoms with Crippen LogP contribution in [0.3, 0.4) is 0 Å². The summed E-state index contributed by atoms with van der Waals surface area (Å²) in [5, 5.41) is 1.05. The largest absolute Gasteiger partial charge is 0.377 e. The van der Waals surface area contributed by atoms with Crippen LogP contribution in [-0.4, -0.2) is 42.1 Å². The first-order chi connectivity index (χ1) is 6.24. The average Bonchev–Trinajstić information content (AvgIpc) is 2.56. The predicted octanol–water partition coefficient (Wildman–Crippen LogP) is 2.27. The first-order valence-corrected chi connectivity index (χ1v) is 6.27. The van der Waals surface area contributed by atoms with Gasteiger partial charge in [-0.1, -0.05) is 15.9 Å². The van der Waals surface area contributed by atoms with Gasteiger partial charge in [-0.05, 0) is 26.7 Å². The van der Waals surface area contributed by atoms with Crippen LogP contribution in [0, 0.1) is 0 Å². The van der Waals surface area contributed by atoms with Crippen molar-refractivity contribution in [1.29, 1.82) is 0 Å². The van der Waals surface area contributed by atoms with E-state index in [1.165, 1.54) is 12.8 Å². The SMILES string of the molecule is CC(C)N(CCBr)CC1CCCO1. The topological polar surface area (TPSA) is 12.5 Å². The van der Waals surface area contributed by atoms with Gasteiger partial charge in [-0.3, -0.25) is 4.90 Å². The van der Waals surface area contributed by atoms with Crippen LogP contribution in [0.15, 0.2) is 0 Å². The number of hydrogen-bond donors (Lipinski definition) is 0. The molecule has 0 spiro atoms. The van der Waals surface area contributed by atoms with Crippen LogP contribution < -0.4 is 0 Å². The molecule has 1 saturated heterocycles. The lowest BCUT2D eigenvalue weighted by molar-refractivity contribution is 0.0653. The second-order valence-corrected chi connectivity index (χ2v) is 4.71. The molecule has 78 valence electrons. The maximum Gasteiger partial charge on any atom is 0.0702 e. The van der Waals surface area contributed by atoms with Crippen molar-refractivity contribution in [2.24, 2.45) is 0 Å². The van der Waals surface area contributed by atoms with Gasteiger partial charge in [-0.15, -0.1) is 0 Å². The highest BCUT2D eigenvalue weighted by Crippen LogP contribution is 2.14. The third kappa shape index (κ3) is 3.96. The Morgan fingerprint density at radius 3 is 2.77 bits per heavy atom. The number of hydrogen-bond acceptors (Lipinski definition) is 2. The van der Waals surface area contributed by atoms with Crippen LogP contribution in [0.5, 0.6) is 0 Å². The molecule has 1 heterocycles. The van der Waals surface area contributed by atoms with E-state index in [1.807, 2.05) is 0 Å². The summed E-state index contributed by atoms with van der Waals surface area (Å²) < 4.78 is 5.62. The Morgan fingerprint density at radius 1 is 1.54 bits per heavy atom. The molecule has 3 heteroatoms. The maximum absolute atomic E-state index is 5.62. The van der Waals surface area contributed by atoms with Crippen LogP contribution >= 0.6 is 15.9 Å². The molecule has 1 atom stereocenters. The van der Waals surface area contributed by atoms with Gasteiger partial charge in [0.15, 0.2) is 0 Å². The molecular weight excluding hydrogens is 230 g/mol. The molecule has 1 aliphatic heterocycles. The van der Waals surface area contributed by atoms with Crippen molar-refractivity contribution >= 4 is 15.9 Å². The van der Waals surface area contributed by atoms with Crippen LogP contribution in [0.4, 0.5) is 0 Å². The van der Waals surface area contributed by atoms with Crippen LogP contribution in [-0.2, 0) is 4.74 Å². The van der Waals surface area contributed by atoms with Crippen LogP contribution in [0.25, 0.3) is 0 Å². The van der Waals surface area contributed by atoms with Crippen molar-refractivity contribution in [1.82, 2.24) is 4.90 Å². The minimum Gasteiger partial charge on any atom is -0.377 e. The Balaban J connectivity index is 2.27. The highest BCUT2D eigenvalue weighted by Gasteiger charge is 2.20. The summed E-state index contributed by atoms with van der Waals surface area (Å²) in [4.78, 5) is 2.48. The highest BCUT2D eigenvalue weighted by molar-refractivity contribution is 9.09. The second-order valence-electron chi connectivity index (χ2n) is 3.91. The van der Waals surface area contributed by atoms with E-state index in [2.05, 4.69) is 34.7 Å². The lowest BCUT2D eigenvalue weighted by Crippen LogP contribution is -2.38. The molecule has 0 saturated carbocycles. The minimum atomic E-state index is 0.487. The zero-order valence-electron chi connectivity index (χ0n) is 8.63. The summed E-state index contributed by atoms with van der Waals surface area (Å²) in [7, 11) is 0. The lowest BCUT2D eigenvalue weighted by atomic mass is 10.2. The monoisotopic (exact) mass is 249 g/mol. The number of nitrogens with zero attached hydrogens (tertiary/aromatic N) is 1. The number of alkyl halides is 1. The maximum atomic E-state index is 5.62. The summed E-state index contributed by atoms with van der Waals surface area (Å²) in [5.74, 6) is 0. The molecular formula is C10H20BrNO. The first-order valence-electron chi connectivity index (χ1n) is 5.15. The molecule has 0 aromatic heterocycles. The van der Waals surface area contributed by atoms with E-state index in [0.717, 1.165) is 25.0 Å². The second kappa shape index (κ2) is 5.99. The van der Waals surface area contributed by atoms with Crippen molar-refractivity contribution in [3.05, 3.63) is 0 Å². The predicted molar refractivity (Wildman–Crippen MR) is 59.5 cm³/mol. The van der Waals surface area contributed by atoms with Gasteiger partial charge in [0.2, 0.25) is 0 Å². The van der Waals surface area contributed by atoms with E-state index in [0.29, 0.717) is 12.1 Å². The van der Waals surface area contributed by atoms with Gasteiger partial charge in [0.05, 0.1) is 6.10 Å². The standard InChI is InChI=1S/C10H20BrNO/c1-9(2)12(6-5-11)8-10-4-3-7-13-10/h9-10H,3-8H2,1-2H3. The van der Waals surface area contributed by atoms with Crippen LogP contribution in [0.2, 0.25) is 0 Å². The third-order valence-corrected chi connectivity index (χ3v) is 2.92. The van der Waals surface area contributed by atoms with Gasteiger partial charge in [-0.25, -0.2) is 0 Å². The van der Waals surface area contributed by atoms with Crippen molar-refractivity contribution in [3.63, 3.8) is 0 Å². The first kappa shape index (κ1) is 11.5. The van der Waals surface area contributed by atoms with Gasteiger partial charge in [-0.2, -0.15) is 0 Å². The number of rotatable bonds is 5. The summed E-state index contributed by atoms with van der Waals surface area (Å²) >= 11 is 3.49. The molecule has 1 rings (SSSR count). The van der Waals surface area contributed by atoms with Crippen molar-refractivity contribution < 1.29 is 4.74 Å². The number of halogens is 1. The average molecular weight is 250 g/mol. The molecule has 0 amide bonds. The van der Waals surface area contributed by atoms with E-state index in [1.54, 1.807) is 0 Å². The van der Waals surface area contributed by atoms with E-state index in [4.69, 9.17) is 4.74 Å². The molecule has 0 N–H and O–H groups in total. The van der Waals surface area contributed by atoms with Gasteiger partial charge >= 0.3 is 0 Å². The summed E-state index contributed by atoms with van der Waals surface area (Å²) in [6, 6.07) is 0.627. The molecule has 13 heavy (non-hydrogen) atoms. The Morgan fingerprint density at radius 2 is 2.31 bits per heavy atom. The van der Waals surface area contributed by atoms with E-state index >= 15 is 0 Å². The molecule has 0 aromatic carbocycles. The molecule has 0 bridgehead atoms. The smallest absolute Gasteiger partial charge is 0.0702 e. The Hall–Kier alpha value is 0.400. The summed E-state index contributed by atoms with van der Waals surface area (Å²) in [5.41, 5.74) is 0. The third-order valence-electron chi connectivity index (χ3n) is 2.56. The molecule has 0 aromatic rings. The fourth-order valence-corrected chi connectivity index (χ4v) is 2.17. The normalized spacial score (nSPS) is 23.3.